The number of rotatable bonds is 2. The first-order valence-corrected chi connectivity index (χ1v) is 6.02. The highest BCUT2D eigenvalue weighted by Crippen LogP contribution is 2.30. The summed E-state index contributed by atoms with van der Waals surface area (Å²) in [6, 6.07) is 3.27. The van der Waals surface area contributed by atoms with Crippen molar-refractivity contribution < 1.29 is 18.3 Å². The van der Waals surface area contributed by atoms with E-state index in [1.54, 1.807) is 6.92 Å². The monoisotopic (exact) mass is 267 g/mol. The Bertz CT molecular complexity index is 540. The van der Waals surface area contributed by atoms with Crippen molar-refractivity contribution in [3.05, 3.63) is 46.7 Å². The SMILES string of the molecule is COC(=O)C1=C(C)N[C@H](c2ccc(F)cc2F)CC1. The molecule has 1 aromatic rings. The van der Waals surface area contributed by atoms with E-state index < -0.39 is 11.6 Å². The molecule has 0 saturated heterocycles. The summed E-state index contributed by atoms with van der Waals surface area (Å²) in [7, 11) is 1.33. The Morgan fingerprint density at radius 3 is 2.74 bits per heavy atom. The second-order valence-electron chi connectivity index (χ2n) is 4.50. The van der Waals surface area contributed by atoms with Crippen LogP contribution in [0.1, 0.15) is 31.4 Å². The average Bonchev–Trinajstić information content (AvgIpc) is 2.37. The molecule has 1 aliphatic heterocycles. The molecule has 0 bridgehead atoms. The van der Waals surface area contributed by atoms with E-state index in [4.69, 9.17) is 0 Å². The standard InChI is InChI=1S/C14H15F2NO2/c1-8-10(14(18)19-2)5-6-13(17-8)11-4-3-9(15)7-12(11)16/h3-4,7,13,17H,5-6H2,1-2H3/t13-/m0/s1. The van der Waals surface area contributed by atoms with Gasteiger partial charge in [0.2, 0.25) is 0 Å². The predicted molar refractivity (Wildman–Crippen MR) is 66.2 cm³/mol. The molecule has 0 fully saturated rings. The molecule has 3 nitrogen and oxygen atoms in total. The van der Waals surface area contributed by atoms with E-state index in [-0.39, 0.29) is 12.0 Å². The highest BCUT2D eigenvalue weighted by molar-refractivity contribution is 5.89. The highest BCUT2D eigenvalue weighted by atomic mass is 19.1. The second-order valence-corrected chi connectivity index (χ2v) is 4.50. The van der Waals surface area contributed by atoms with Crippen molar-refractivity contribution >= 4 is 5.97 Å². The quantitative estimate of drug-likeness (QED) is 0.837. The Morgan fingerprint density at radius 1 is 1.42 bits per heavy atom. The topological polar surface area (TPSA) is 38.3 Å². The molecule has 2 rings (SSSR count). The minimum atomic E-state index is -0.598. The average molecular weight is 267 g/mol. The first-order chi connectivity index (χ1) is 9.02. The molecule has 1 heterocycles. The molecule has 0 saturated carbocycles. The lowest BCUT2D eigenvalue weighted by atomic mass is 9.93. The van der Waals surface area contributed by atoms with E-state index >= 15 is 0 Å². The summed E-state index contributed by atoms with van der Waals surface area (Å²) >= 11 is 0. The summed E-state index contributed by atoms with van der Waals surface area (Å²) in [5.41, 5.74) is 1.65. The molecule has 1 atom stereocenters. The number of carbonyl (C=O) groups excluding carboxylic acids is 1. The van der Waals surface area contributed by atoms with Gasteiger partial charge in [-0.05, 0) is 25.8 Å². The number of hydrogen-bond acceptors (Lipinski definition) is 3. The zero-order valence-electron chi connectivity index (χ0n) is 10.8. The van der Waals surface area contributed by atoms with E-state index in [0.717, 1.165) is 6.07 Å². The number of nitrogens with one attached hydrogen (secondary N) is 1. The number of hydrogen-bond donors (Lipinski definition) is 1. The number of ether oxygens (including phenoxy) is 1. The molecule has 0 aliphatic carbocycles. The molecular weight excluding hydrogens is 252 g/mol. The van der Waals surface area contributed by atoms with Crippen molar-refractivity contribution in [2.24, 2.45) is 0 Å². The van der Waals surface area contributed by atoms with Crippen LogP contribution in [0.5, 0.6) is 0 Å². The summed E-state index contributed by atoms with van der Waals surface area (Å²) in [4.78, 5) is 11.5. The van der Waals surface area contributed by atoms with Gasteiger partial charge in [-0.25, -0.2) is 13.6 Å². The minimum Gasteiger partial charge on any atom is -0.466 e. The fourth-order valence-electron chi connectivity index (χ4n) is 2.29. The fourth-order valence-corrected chi connectivity index (χ4v) is 2.29. The number of benzene rings is 1. The van der Waals surface area contributed by atoms with Crippen LogP contribution in [0.3, 0.4) is 0 Å². The third-order valence-electron chi connectivity index (χ3n) is 3.30. The molecule has 1 aliphatic rings. The molecule has 102 valence electrons. The molecule has 5 heteroatoms. The fraction of sp³-hybridized carbons (Fsp3) is 0.357. The number of methoxy groups -OCH3 is 1. The Hall–Kier alpha value is -1.91. The van der Waals surface area contributed by atoms with Gasteiger partial charge in [0.1, 0.15) is 11.6 Å². The largest absolute Gasteiger partial charge is 0.466 e. The summed E-state index contributed by atoms with van der Waals surface area (Å²) in [5, 5.41) is 3.07. The van der Waals surface area contributed by atoms with Crippen LogP contribution in [-0.2, 0) is 9.53 Å². The predicted octanol–water partition coefficient (Wildman–Crippen LogP) is 2.84. The van der Waals surface area contributed by atoms with E-state index in [1.165, 1.54) is 19.2 Å². The van der Waals surface area contributed by atoms with Gasteiger partial charge in [-0.2, -0.15) is 0 Å². The van der Waals surface area contributed by atoms with Crippen molar-refractivity contribution in [3.63, 3.8) is 0 Å². The van der Waals surface area contributed by atoms with Gasteiger partial charge in [0.25, 0.3) is 0 Å². The summed E-state index contributed by atoms with van der Waals surface area (Å²) < 4.78 is 31.3. The van der Waals surface area contributed by atoms with E-state index in [2.05, 4.69) is 10.1 Å². The number of allylic oxidation sites excluding steroid dienone is 1. The van der Waals surface area contributed by atoms with Gasteiger partial charge in [-0.1, -0.05) is 6.07 Å². The van der Waals surface area contributed by atoms with Gasteiger partial charge in [0.05, 0.1) is 18.7 Å². The van der Waals surface area contributed by atoms with Crippen molar-refractivity contribution in [1.82, 2.24) is 5.32 Å². The molecule has 0 amide bonds. The molecule has 0 radical (unpaired) electrons. The lowest BCUT2D eigenvalue weighted by Gasteiger charge is -2.27. The van der Waals surface area contributed by atoms with Crippen LogP contribution >= 0.6 is 0 Å². The van der Waals surface area contributed by atoms with E-state index in [1.807, 2.05) is 0 Å². The van der Waals surface area contributed by atoms with Gasteiger partial charge in [-0.3, -0.25) is 0 Å². The van der Waals surface area contributed by atoms with Gasteiger partial charge in [-0.15, -0.1) is 0 Å². The number of esters is 1. The van der Waals surface area contributed by atoms with E-state index in [9.17, 15) is 13.6 Å². The molecular formula is C14H15F2NO2. The van der Waals surface area contributed by atoms with Crippen LogP contribution in [0.2, 0.25) is 0 Å². The Balaban J connectivity index is 2.23. The molecule has 1 aromatic carbocycles. The van der Waals surface area contributed by atoms with Crippen LogP contribution in [0.15, 0.2) is 29.5 Å². The van der Waals surface area contributed by atoms with Crippen molar-refractivity contribution in [2.45, 2.75) is 25.8 Å². The zero-order valence-corrected chi connectivity index (χ0v) is 10.8. The third-order valence-corrected chi connectivity index (χ3v) is 3.30. The Kier molecular flexibility index (Phi) is 3.83. The normalized spacial score (nSPS) is 19.1. The van der Waals surface area contributed by atoms with Crippen LogP contribution in [-0.4, -0.2) is 13.1 Å². The van der Waals surface area contributed by atoms with Crippen LogP contribution < -0.4 is 5.32 Å². The number of halogens is 2. The lowest BCUT2D eigenvalue weighted by molar-refractivity contribution is -0.136. The third kappa shape index (κ3) is 2.75. The minimum absolute atomic E-state index is 0.256. The molecule has 0 aromatic heterocycles. The summed E-state index contributed by atoms with van der Waals surface area (Å²) in [5.74, 6) is -1.55. The maximum atomic E-state index is 13.7. The Morgan fingerprint density at radius 2 is 2.16 bits per heavy atom. The van der Waals surface area contributed by atoms with Gasteiger partial charge in [0.15, 0.2) is 0 Å². The van der Waals surface area contributed by atoms with Gasteiger partial charge < -0.3 is 10.1 Å². The zero-order chi connectivity index (χ0) is 14.0. The maximum Gasteiger partial charge on any atom is 0.335 e. The first-order valence-electron chi connectivity index (χ1n) is 6.02. The summed E-state index contributed by atoms with van der Waals surface area (Å²) in [6.45, 7) is 1.75. The lowest BCUT2D eigenvalue weighted by Crippen LogP contribution is -2.28. The second kappa shape index (κ2) is 5.38. The van der Waals surface area contributed by atoms with Crippen molar-refractivity contribution in [2.75, 3.05) is 7.11 Å². The highest BCUT2D eigenvalue weighted by Gasteiger charge is 2.25. The van der Waals surface area contributed by atoms with Crippen LogP contribution in [0.4, 0.5) is 8.78 Å². The smallest absolute Gasteiger partial charge is 0.335 e. The van der Waals surface area contributed by atoms with Crippen molar-refractivity contribution in [1.29, 1.82) is 0 Å². The number of carbonyl (C=O) groups is 1. The van der Waals surface area contributed by atoms with Crippen LogP contribution in [0.25, 0.3) is 0 Å². The molecule has 0 unspecified atom stereocenters. The molecule has 0 spiro atoms. The van der Waals surface area contributed by atoms with Gasteiger partial charge in [0, 0.05) is 17.3 Å². The maximum absolute atomic E-state index is 13.7. The molecule has 1 N–H and O–H groups in total. The van der Waals surface area contributed by atoms with Crippen LogP contribution in [0, 0.1) is 11.6 Å². The first kappa shape index (κ1) is 13.5. The Labute approximate surface area is 110 Å². The van der Waals surface area contributed by atoms with Crippen molar-refractivity contribution in [3.8, 4) is 0 Å². The van der Waals surface area contributed by atoms with Gasteiger partial charge >= 0.3 is 5.97 Å². The summed E-state index contributed by atoms with van der Waals surface area (Å²) in [6.07, 6.45) is 1.07. The molecule has 19 heavy (non-hydrogen) atoms. The van der Waals surface area contributed by atoms with E-state index in [0.29, 0.717) is 29.7 Å².